The molecular formula is C11H26O7P2Si. The van der Waals surface area contributed by atoms with Crippen LogP contribution in [-0.2, 0) is 31.7 Å². The lowest BCUT2D eigenvalue weighted by Crippen LogP contribution is -2.40. The average Bonchev–Trinajstić information content (AvgIpc) is 2.54. The van der Waals surface area contributed by atoms with Gasteiger partial charge in [0.2, 0.25) is 0 Å². The summed E-state index contributed by atoms with van der Waals surface area (Å²) in [7, 11) is -5.46. The van der Waals surface area contributed by atoms with Gasteiger partial charge >= 0.3 is 15.2 Å². The first-order valence-corrected chi connectivity index (χ1v) is 13.1. The Bertz CT molecular complexity index is 483. The van der Waals surface area contributed by atoms with Crippen molar-refractivity contribution in [2.75, 3.05) is 21.3 Å². The summed E-state index contributed by atoms with van der Waals surface area (Å²) < 4.78 is 52.6. The topological polar surface area (TPSA) is 80.3 Å². The fraction of sp³-hybridized carbons (Fsp3) is 1.00. The SMILES string of the molecule is COP(=O)(OC)C1(C)CC(C)(O[Si](C)(C)C)P(=O)(OC)O1. The third-order valence-corrected chi connectivity index (χ3v) is 9.66. The molecule has 0 bridgehead atoms. The quantitative estimate of drug-likeness (QED) is 0.523. The van der Waals surface area contributed by atoms with Gasteiger partial charge in [0.25, 0.3) is 0 Å². The molecule has 0 aromatic rings. The number of hydrogen-bond donors (Lipinski definition) is 0. The van der Waals surface area contributed by atoms with Crippen molar-refractivity contribution in [1.29, 1.82) is 0 Å². The Balaban J connectivity index is 3.32. The third-order valence-electron chi connectivity index (χ3n) is 3.38. The molecule has 0 aromatic heterocycles. The minimum atomic E-state index is -3.63. The van der Waals surface area contributed by atoms with Gasteiger partial charge < -0.3 is 18.0 Å². The van der Waals surface area contributed by atoms with Crippen LogP contribution in [0.4, 0.5) is 0 Å². The highest BCUT2D eigenvalue weighted by Gasteiger charge is 2.68. The van der Waals surface area contributed by atoms with Gasteiger partial charge in [-0.3, -0.25) is 13.7 Å². The van der Waals surface area contributed by atoms with Crippen LogP contribution in [0.3, 0.4) is 0 Å². The Kier molecular flexibility index (Phi) is 5.43. The molecule has 0 N–H and O–H groups in total. The molecule has 0 radical (unpaired) electrons. The van der Waals surface area contributed by atoms with Crippen molar-refractivity contribution in [3.8, 4) is 0 Å². The monoisotopic (exact) mass is 360 g/mol. The summed E-state index contributed by atoms with van der Waals surface area (Å²) in [4.78, 5) is 0. The molecule has 126 valence electrons. The van der Waals surface area contributed by atoms with Crippen LogP contribution in [0.2, 0.25) is 19.6 Å². The fourth-order valence-corrected chi connectivity index (χ4v) is 9.34. The van der Waals surface area contributed by atoms with Crippen molar-refractivity contribution >= 4 is 23.5 Å². The Morgan fingerprint density at radius 2 is 1.62 bits per heavy atom. The second-order valence-corrected chi connectivity index (χ2v) is 16.0. The maximum absolute atomic E-state index is 13.0. The van der Waals surface area contributed by atoms with E-state index in [1.54, 1.807) is 13.8 Å². The smallest absolute Gasteiger partial charge is 0.362 e. The first kappa shape index (κ1) is 19.5. The van der Waals surface area contributed by atoms with Crippen LogP contribution in [-0.4, -0.2) is 40.3 Å². The largest absolute Gasteiger partial charge is 0.402 e. The van der Waals surface area contributed by atoms with Gasteiger partial charge in [0.15, 0.2) is 19.0 Å². The summed E-state index contributed by atoms with van der Waals surface area (Å²) in [5.41, 5.74) is 0. The second kappa shape index (κ2) is 5.84. The van der Waals surface area contributed by atoms with Gasteiger partial charge in [-0.05, 0) is 33.5 Å². The molecule has 1 aliphatic heterocycles. The lowest BCUT2D eigenvalue weighted by atomic mass is 10.2. The van der Waals surface area contributed by atoms with Gasteiger partial charge in [-0.1, -0.05) is 0 Å². The van der Waals surface area contributed by atoms with Crippen LogP contribution >= 0.6 is 15.2 Å². The molecule has 0 saturated carbocycles. The van der Waals surface area contributed by atoms with E-state index in [-0.39, 0.29) is 6.42 Å². The molecule has 21 heavy (non-hydrogen) atoms. The summed E-state index contributed by atoms with van der Waals surface area (Å²) in [5, 5.41) is -2.58. The second-order valence-electron chi connectivity index (χ2n) is 6.38. The van der Waals surface area contributed by atoms with Gasteiger partial charge in [-0.2, -0.15) is 0 Å². The van der Waals surface area contributed by atoms with Crippen molar-refractivity contribution < 1.29 is 31.7 Å². The van der Waals surface area contributed by atoms with E-state index in [0.717, 1.165) is 0 Å². The van der Waals surface area contributed by atoms with Crippen LogP contribution in [0, 0.1) is 0 Å². The van der Waals surface area contributed by atoms with Gasteiger partial charge in [0.1, 0.15) is 0 Å². The average molecular weight is 360 g/mol. The summed E-state index contributed by atoms with van der Waals surface area (Å²) in [6, 6.07) is 0. The lowest BCUT2D eigenvalue weighted by Gasteiger charge is -2.34. The third kappa shape index (κ3) is 3.38. The highest BCUT2D eigenvalue weighted by molar-refractivity contribution is 7.60. The van der Waals surface area contributed by atoms with E-state index in [4.69, 9.17) is 22.5 Å². The van der Waals surface area contributed by atoms with E-state index < -0.39 is 34.2 Å². The van der Waals surface area contributed by atoms with E-state index in [2.05, 4.69) is 0 Å². The Morgan fingerprint density at radius 3 is 1.95 bits per heavy atom. The van der Waals surface area contributed by atoms with Crippen LogP contribution in [0.15, 0.2) is 0 Å². The number of rotatable bonds is 6. The Labute approximate surface area is 127 Å². The molecule has 3 unspecified atom stereocenters. The minimum absolute atomic E-state index is 0.0916. The number of hydrogen-bond acceptors (Lipinski definition) is 7. The summed E-state index contributed by atoms with van der Waals surface area (Å²) in [5.74, 6) is 0. The molecule has 10 heteroatoms. The van der Waals surface area contributed by atoms with Crippen LogP contribution < -0.4 is 0 Å². The predicted molar refractivity (Wildman–Crippen MR) is 83.2 cm³/mol. The van der Waals surface area contributed by atoms with E-state index in [9.17, 15) is 9.13 Å². The van der Waals surface area contributed by atoms with Gasteiger partial charge in [-0.25, -0.2) is 0 Å². The first-order valence-electron chi connectivity index (χ1n) is 6.59. The first-order chi connectivity index (χ1) is 9.30. The van der Waals surface area contributed by atoms with Gasteiger partial charge in [0, 0.05) is 27.8 Å². The van der Waals surface area contributed by atoms with Crippen LogP contribution in [0.1, 0.15) is 20.3 Å². The molecule has 1 rings (SSSR count). The molecule has 1 aliphatic rings. The fourth-order valence-electron chi connectivity index (χ4n) is 2.68. The zero-order valence-corrected chi connectivity index (χ0v) is 16.7. The zero-order valence-electron chi connectivity index (χ0n) is 14.0. The summed E-state index contributed by atoms with van der Waals surface area (Å²) >= 11 is 0. The maximum Gasteiger partial charge on any atom is 0.362 e. The van der Waals surface area contributed by atoms with E-state index >= 15 is 0 Å². The molecule has 3 atom stereocenters. The van der Waals surface area contributed by atoms with Crippen LogP contribution in [0.5, 0.6) is 0 Å². The van der Waals surface area contributed by atoms with Crippen molar-refractivity contribution in [3.05, 3.63) is 0 Å². The molecular weight excluding hydrogens is 334 g/mol. The van der Waals surface area contributed by atoms with E-state index in [1.165, 1.54) is 21.3 Å². The zero-order chi connectivity index (χ0) is 16.7. The van der Waals surface area contributed by atoms with E-state index in [0.29, 0.717) is 0 Å². The Hall–Kier alpha value is 0.477. The van der Waals surface area contributed by atoms with Crippen molar-refractivity contribution in [2.24, 2.45) is 0 Å². The highest BCUT2D eigenvalue weighted by Crippen LogP contribution is 2.79. The van der Waals surface area contributed by atoms with E-state index in [1.807, 2.05) is 19.6 Å². The van der Waals surface area contributed by atoms with Gasteiger partial charge in [-0.15, -0.1) is 0 Å². The summed E-state index contributed by atoms with van der Waals surface area (Å²) in [6.07, 6.45) is 0.0916. The lowest BCUT2D eigenvalue weighted by molar-refractivity contribution is 0.107. The molecule has 7 nitrogen and oxygen atoms in total. The summed E-state index contributed by atoms with van der Waals surface area (Å²) in [6.45, 7) is 9.13. The molecule has 0 spiro atoms. The Morgan fingerprint density at radius 1 is 1.14 bits per heavy atom. The van der Waals surface area contributed by atoms with Crippen molar-refractivity contribution in [2.45, 2.75) is 50.6 Å². The van der Waals surface area contributed by atoms with Crippen molar-refractivity contribution in [3.63, 3.8) is 0 Å². The van der Waals surface area contributed by atoms with Crippen LogP contribution in [0.25, 0.3) is 0 Å². The standard InChI is InChI=1S/C11H26O7P2Si/c1-10(19(12,14-3)15-4)9-11(2,18-21(6,7)8)20(13,16-5)17-10/h9H2,1-8H3. The molecule has 1 fully saturated rings. The predicted octanol–water partition coefficient (Wildman–Crippen LogP) is 4.02. The highest BCUT2D eigenvalue weighted by atomic mass is 31.2. The van der Waals surface area contributed by atoms with Crippen molar-refractivity contribution in [1.82, 2.24) is 0 Å². The minimum Gasteiger partial charge on any atom is -0.402 e. The van der Waals surface area contributed by atoms with Gasteiger partial charge in [0.05, 0.1) is 0 Å². The molecule has 0 aromatic carbocycles. The molecule has 1 saturated heterocycles. The maximum atomic E-state index is 13.0. The molecule has 1 heterocycles. The molecule has 0 amide bonds. The normalized spacial score (nSPS) is 37.9. The molecule has 0 aliphatic carbocycles.